The Bertz CT molecular complexity index is 697. The van der Waals surface area contributed by atoms with Crippen LogP contribution in [0.1, 0.15) is 19.4 Å². The molecule has 1 aliphatic rings. The minimum absolute atomic E-state index is 0.668. The number of nitrogens with one attached hydrogen (secondary N) is 1. The van der Waals surface area contributed by atoms with E-state index in [4.69, 9.17) is 0 Å². The van der Waals surface area contributed by atoms with E-state index >= 15 is 0 Å². The molecule has 6 nitrogen and oxygen atoms in total. The normalized spacial score (nSPS) is 18.6. The zero-order chi connectivity index (χ0) is 17.6. The number of aliphatic imine (C=N–C) groups is 1. The number of rotatable bonds is 4. The summed E-state index contributed by atoms with van der Waals surface area (Å²) >= 11 is 2.08. The average molecular weight is 359 g/mol. The van der Waals surface area contributed by atoms with Crippen LogP contribution in [0.5, 0.6) is 0 Å². The Kier molecular flexibility index (Phi) is 5.96. The van der Waals surface area contributed by atoms with Gasteiger partial charge in [0.2, 0.25) is 0 Å². The Morgan fingerprint density at radius 1 is 1.44 bits per heavy atom. The first kappa shape index (κ1) is 17.8. The summed E-state index contributed by atoms with van der Waals surface area (Å²) < 4.78 is 1.91. The first-order valence-electron chi connectivity index (χ1n) is 8.68. The van der Waals surface area contributed by atoms with Gasteiger partial charge in [0.1, 0.15) is 12.1 Å². The summed E-state index contributed by atoms with van der Waals surface area (Å²) in [5.74, 6) is 3.70. The third kappa shape index (κ3) is 4.54. The molecule has 7 heteroatoms. The highest BCUT2D eigenvalue weighted by Crippen LogP contribution is 2.24. The molecule has 25 heavy (non-hydrogen) atoms. The molecule has 2 aromatic heterocycles. The number of thioether (sulfide) groups is 1. The summed E-state index contributed by atoms with van der Waals surface area (Å²) in [6.07, 6.45) is 7.25. The molecule has 1 aliphatic heterocycles. The number of pyridine rings is 1. The van der Waals surface area contributed by atoms with Gasteiger partial charge in [-0.1, -0.05) is 13.8 Å². The Labute approximate surface area is 153 Å². The first-order valence-corrected chi connectivity index (χ1v) is 9.72. The van der Waals surface area contributed by atoms with Gasteiger partial charge in [0.15, 0.2) is 5.96 Å². The monoisotopic (exact) mass is 358 g/mol. The smallest absolute Gasteiger partial charge is 0.193 e. The number of imidazole rings is 1. The molecule has 1 unspecified atom stereocenters. The molecular weight excluding hydrogens is 332 g/mol. The van der Waals surface area contributed by atoms with Gasteiger partial charge >= 0.3 is 0 Å². The summed E-state index contributed by atoms with van der Waals surface area (Å²) in [6.45, 7) is 7.42. The number of guanidine groups is 1. The summed E-state index contributed by atoms with van der Waals surface area (Å²) in [5.41, 5.74) is 1.17. The molecular formula is C18H26N6S. The van der Waals surface area contributed by atoms with E-state index in [1.165, 1.54) is 5.56 Å². The Morgan fingerprint density at radius 3 is 3.04 bits per heavy atom. The quantitative estimate of drug-likeness (QED) is 0.672. The van der Waals surface area contributed by atoms with Crippen LogP contribution in [0, 0.1) is 5.92 Å². The molecule has 3 rings (SSSR count). The SMILES string of the molecule is CN=C(NCc1ccnc(-n2ccnc2)c1)N1CCSC(C(C)C)C1. The summed E-state index contributed by atoms with van der Waals surface area (Å²) in [4.78, 5) is 15.3. The molecule has 1 N–H and O–H groups in total. The second-order valence-electron chi connectivity index (χ2n) is 6.49. The lowest BCUT2D eigenvalue weighted by atomic mass is 10.1. The van der Waals surface area contributed by atoms with Crippen molar-refractivity contribution >= 4 is 17.7 Å². The maximum atomic E-state index is 4.48. The number of nitrogens with zero attached hydrogens (tertiary/aromatic N) is 5. The lowest BCUT2D eigenvalue weighted by Crippen LogP contribution is -2.48. The highest BCUT2D eigenvalue weighted by Gasteiger charge is 2.24. The number of hydrogen-bond acceptors (Lipinski definition) is 4. The van der Waals surface area contributed by atoms with Crippen molar-refractivity contribution in [3.8, 4) is 5.82 Å². The van der Waals surface area contributed by atoms with Gasteiger partial charge in [-0.2, -0.15) is 11.8 Å². The number of hydrogen-bond donors (Lipinski definition) is 1. The third-order valence-electron chi connectivity index (χ3n) is 4.38. The summed E-state index contributed by atoms with van der Waals surface area (Å²) in [7, 11) is 1.86. The van der Waals surface area contributed by atoms with Gasteiger partial charge in [0, 0.05) is 56.3 Å². The van der Waals surface area contributed by atoms with Crippen molar-refractivity contribution < 1.29 is 0 Å². The van der Waals surface area contributed by atoms with Gasteiger partial charge in [-0.15, -0.1) is 0 Å². The van der Waals surface area contributed by atoms with E-state index in [1.807, 2.05) is 30.1 Å². The van der Waals surface area contributed by atoms with E-state index in [0.29, 0.717) is 11.2 Å². The lowest BCUT2D eigenvalue weighted by Gasteiger charge is -2.36. The fourth-order valence-electron chi connectivity index (χ4n) is 2.89. The van der Waals surface area contributed by atoms with Crippen LogP contribution >= 0.6 is 11.8 Å². The predicted octanol–water partition coefficient (Wildman–Crippen LogP) is 2.42. The molecule has 0 aromatic carbocycles. The minimum atomic E-state index is 0.668. The fourth-order valence-corrected chi connectivity index (χ4v) is 4.19. The van der Waals surface area contributed by atoms with Crippen LogP contribution < -0.4 is 5.32 Å². The van der Waals surface area contributed by atoms with Crippen molar-refractivity contribution in [1.29, 1.82) is 0 Å². The highest BCUT2D eigenvalue weighted by molar-refractivity contribution is 8.00. The van der Waals surface area contributed by atoms with Crippen LogP contribution in [0.2, 0.25) is 0 Å². The van der Waals surface area contributed by atoms with Crippen molar-refractivity contribution in [2.24, 2.45) is 10.9 Å². The van der Waals surface area contributed by atoms with E-state index in [1.54, 1.807) is 12.5 Å². The maximum Gasteiger partial charge on any atom is 0.193 e. The van der Waals surface area contributed by atoms with E-state index in [-0.39, 0.29) is 0 Å². The van der Waals surface area contributed by atoms with Crippen LogP contribution in [0.15, 0.2) is 42.0 Å². The van der Waals surface area contributed by atoms with Crippen LogP contribution in [0.4, 0.5) is 0 Å². The average Bonchev–Trinajstić information content (AvgIpc) is 3.17. The van der Waals surface area contributed by atoms with Crippen LogP contribution in [-0.4, -0.2) is 56.5 Å². The number of aromatic nitrogens is 3. The molecule has 0 amide bonds. The molecule has 0 aliphatic carbocycles. The van der Waals surface area contributed by atoms with Crippen molar-refractivity contribution in [3.05, 3.63) is 42.6 Å². The van der Waals surface area contributed by atoms with E-state index in [9.17, 15) is 0 Å². The van der Waals surface area contributed by atoms with Crippen molar-refractivity contribution in [2.45, 2.75) is 25.6 Å². The minimum Gasteiger partial charge on any atom is -0.352 e. The third-order valence-corrected chi connectivity index (χ3v) is 5.92. The standard InChI is InChI=1S/C18H26N6S/c1-14(2)16-12-23(8-9-25-16)18(19-3)22-11-15-4-5-21-17(10-15)24-7-6-20-13-24/h4-7,10,13-14,16H,8-9,11-12H2,1-3H3,(H,19,22). The topological polar surface area (TPSA) is 58.3 Å². The van der Waals surface area contributed by atoms with Gasteiger partial charge in [0.05, 0.1) is 0 Å². The second-order valence-corrected chi connectivity index (χ2v) is 7.84. The molecule has 0 saturated carbocycles. The van der Waals surface area contributed by atoms with Gasteiger partial charge in [-0.25, -0.2) is 9.97 Å². The van der Waals surface area contributed by atoms with E-state index < -0.39 is 0 Å². The summed E-state index contributed by atoms with van der Waals surface area (Å²) in [6, 6.07) is 4.11. The molecule has 1 atom stereocenters. The predicted molar refractivity (Wildman–Crippen MR) is 104 cm³/mol. The maximum absolute atomic E-state index is 4.48. The molecule has 3 heterocycles. The van der Waals surface area contributed by atoms with Crippen molar-refractivity contribution in [3.63, 3.8) is 0 Å². The van der Waals surface area contributed by atoms with Crippen molar-refractivity contribution in [2.75, 3.05) is 25.9 Å². The van der Waals surface area contributed by atoms with Crippen LogP contribution in [0.25, 0.3) is 5.82 Å². The van der Waals surface area contributed by atoms with Crippen LogP contribution in [-0.2, 0) is 6.54 Å². The largest absolute Gasteiger partial charge is 0.352 e. The van der Waals surface area contributed by atoms with Gasteiger partial charge < -0.3 is 10.2 Å². The van der Waals surface area contributed by atoms with E-state index in [0.717, 1.165) is 37.2 Å². The first-order chi connectivity index (χ1) is 12.2. The zero-order valence-corrected chi connectivity index (χ0v) is 15.9. The molecule has 1 saturated heterocycles. The van der Waals surface area contributed by atoms with Gasteiger partial charge in [-0.3, -0.25) is 9.56 Å². The molecule has 0 radical (unpaired) electrons. The zero-order valence-electron chi connectivity index (χ0n) is 15.1. The Morgan fingerprint density at radius 2 is 2.32 bits per heavy atom. The Hall–Kier alpha value is -2.02. The lowest BCUT2D eigenvalue weighted by molar-refractivity contribution is 0.380. The van der Waals surface area contributed by atoms with Crippen molar-refractivity contribution in [1.82, 2.24) is 24.8 Å². The molecule has 0 bridgehead atoms. The van der Waals surface area contributed by atoms with Crippen LogP contribution in [0.3, 0.4) is 0 Å². The summed E-state index contributed by atoms with van der Waals surface area (Å²) in [5, 5.41) is 4.17. The fraction of sp³-hybridized carbons (Fsp3) is 0.500. The highest BCUT2D eigenvalue weighted by atomic mass is 32.2. The van der Waals surface area contributed by atoms with E-state index in [2.05, 4.69) is 56.9 Å². The molecule has 1 fully saturated rings. The van der Waals surface area contributed by atoms with Gasteiger partial charge in [-0.05, 0) is 23.6 Å². The molecule has 134 valence electrons. The Balaban J connectivity index is 1.63. The second kappa shape index (κ2) is 8.38. The van der Waals surface area contributed by atoms with Gasteiger partial charge in [0.25, 0.3) is 0 Å². The molecule has 2 aromatic rings. The molecule has 0 spiro atoms.